The topological polar surface area (TPSA) is 54.4 Å². The largest absolute Gasteiger partial charge is 0.312 e. The predicted octanol–water partition coefficient (Wildman–Crippen LogP) is 4.59. The van der Waals surface area contributed by atoms with E-state index < -0.39 is 0 Å². The van der Waals surface area contributed by atoms with Gasteiger partial charge in [-0.3, -0.25) is 10.2 Å². The summed E-state index contributed by atoms with van der Waals surface area (Å²) in [5.41, 5.74) is 5.17. The van der Waals surface area contributed by atoms with E-state index >= 15 is 0 Å². The van der Waals surface area contributed by atoms with Gasteiger partial charge in [0.05, 0.1) is 12.3 Å². The first-order chi connectivity index (χ1) is 12.7. The molecule has 1 saturated heterocycles. The van der Waals surface area contributed by atoms with Crippen LogP contribution in [0.15, 0.2) is 34.9 Å². The number of benzene rings is 1. The molecule has 0 bridgehead atoms. The lowest BCUT2D eigenvalue weighted by Crippen LogP contribution is -2.42. The highest BCUT2D eigenvalue weighted by Crippen LogP contribution is 2.43. The van der Waals surface area contributed by atoms with E-state index in [-0.39, 0.29) is 12.0 Å². The van der Waals surface area contributed by atoms with Crippen LogP contribution in [0.3, 0.4) is 0 Å². The van der Waals surface area contributed by atoms with Gasteiger partial charge < -0.3 is 5.32 Å². The number of halogens is 2. The van der Waals surface area contributed by atoms with Crippen LogP contribution < -0.4 is 5.32 Å². The second kappa shape index (κ2) is 7.95. The van der Waals surface area contributed by atoms with Crippen molar-refractivity contribution >= 4 is 27.5 Å². The van der Waals surface area contributed by atoms with Crippen molar-refractivity contribution in [1.29, 1.82) is 0 Å². The second-order valence-electron chi connectivity index (χ2n) is 7.25. The average Bonchev–Trinajstić information content (AvgIpc) is 2.78. The van der Waals surface area contributed by atoms with Crippen molar-refractivity contribution in [1.82, 2.24) is 10.3 Å². The van der Waals surface area contributed by atoms with Gasteiger partial charge in [0.25, 0.3) is 0 Å². The molecule has 3 unspecified atom stereocenters. The molecule has 0 saturated carbocycles. The Balaban J connectivity index is 1.78. The molecule has 1 aromatic heterocycles. The third kappa shape index (κ3) is 3.69. The summed E-state index contributed by atoms with van der Waals surface area (Å²) in [6.45, 7) is 1.24. The van der Waals surface area contributed by atoms with Gasteiger partial charge >= 0.3 is 0 Å². The van der Waals surface area contributed by atoms with E-state index in [0.29, 0.717) is 12.5 Å². The van der Waals surface area contributed by atoms with Gasteiger partial charge in [-0.2, -0.15) is 0 Å². The molecule has 26 heavy (non-hydrogen) atoms. The summed E-state index contributed by atoms with van der Waals surface area (Å²) in [7, 11) is 0. The molecular weight excluding hydrogens is 416 g/mol. The van der Waals surface area contributed by atoms with E-state index in [1.165, 1.54) is 22.4 Å². The molecule has 2 N–H and O–H groups in total. The maximum absolute atomic E-state index is 8.86. The van der Waals surface area contributed by atoms with Gasteiger partial charge in [-0.1, -0.05) is 17.7 Å². The lowest BCUT2D eigenvalue weighted by atomic mass is 9.75. The van der Waals surface area contributed by atoms with Crippen LogP contribution in [0, 0.1) is 5.92 Å². The fraction of sp³-hybridized carbons (Fsp3) is 0.450. The van der Waals surface area contributed by atoms with Crippen molar-refractivity contribution in [3.8, 4) is 0 Å². The molecule has 0 spiro atoms. The maximum atomic E-state index is 8.86. The zero-order valence-electron chi connectivity index (χ0n) is 14.4. The molecule has 0 radical (unpaired) electrons. The van der Waals surface area contributed by atoms with Gasteiger partial charge in [-0.25, -0.2) is 4.89 Å². The molecule has 3 atom stereocenters. The van der Waals surface area contributed by atoms with Crippen LogP contribution in [0.2, 0.25) is 5.02 Å². The predicted molar refractivity (Wildman–Crippen MR) is 106 cm³/mol. The van der Waals surface area contributed by atoms with E-state index in [4.69, 9.17) is 21.8 Å². The zero-order chi connectivity index (χ0) is 18.1. The van der Waals surface area contributed by atoms with Gasteiger partial charge in [0.15, 0.2) is 0 Å². The highest BCUT2D eigenvalue weighted by molar-refractivity contribution is 9.10. The fourth-order valence-corrected chi connectivity index (χ4v) is 5.09. The SMILES string of the molecule is OOCC1CC(C2c3ccc(Cl)cc3CCc3cc(Br)cnc32)CCN1. The number of hydrogen-bond acceptors (Lipinski definition) is 4. The summed E-state index contributed by atoms with van der Waals surface area (Å²) in [6.07, 6.45) is 5.88. The van der Waals surface area contributed by atoms with Crippen molar-refractivity contribution in [2.24, 2.45) is 5.92 Å². The van der Waals surface area contributed by atoms with Gasteiger partial charge in [-0.05, 0) is 89.0 Å². The number of hydrogen-bond donors (Lipinski definition) is 2. The van der Waals surface area contributed by atoms with E-state index in [9.17, 15) is 0 Å². The number of aryl methyl sites for hydroxylation is 2. The second-order valence-corrected chi connectivity index (χ2v) is 8.60. The molecule has 1 aliphatic heterocycles. The summed E-state index contributed by atoms with van der Waals surface area (Å²) in [5.74, 6) is 0.693. The number of fused-ring (bicyclic) bond motifs is 2. The lowest BCUT2D eigenvalue weighted by Gasteiger charge is -2.35. The van der Waals surface area contributed by atoms with Crippen LogP contribution >= 0.6 is 27.5 Å². The highest BCUT2D eigenvalue weighted by Gasteiger charge is 2.35. The van der Waals surface area contributed by atoms with Crippen LogP contribution in [0.1, 0.15) is 41.1 Å². The van der Waals surface area contributed by atoms with Gasteiger partial charge in [0, 0.05) is 27.7 Å². The highest BCUT2D eigenvalue weighted by atomic mass is 79.9. The minimum absolute atomic E-state index is 0.164. The normalized spacial score (nSPS) is 25.3. The lowest BCUT2D eigenvalue weighted by molar-refractivity contribution is -0.248. The fourth-order valence-electron chi connectivity index (χ4n) is 4.52. The Kier molecular flexibility index (Phi) is 5.62. The van der Waals surface area contributed by atoms with E-state index in [2.05, 4.69) is 44.3 Å². The quantitative estimate of drug-likeness (QED) is 0.545. The van der Waals surface area contributed by atoms with Crippen LogP contribution in [0.25, 0.3) is 0 Å². The number of piperidine rings is 1. The first-order valence-electron chi connectivity index (χ1n) is 9.08. The van der Waals surface area contributed by atoms with E-state index in [0.717, 1.165) is 41.7 Å². The molecule has 138 valence electrons. The zero-order valence-corrected chi connectivity index (χ0v) is 16.8. The molecule has 0 amide bonds. The van der Waals surface area contributed by atoms with Gasteiger partial charge in [0.1, 0.15) is 0 Å². The van der Waals surface area contributed by atoms with Gasteiger partial charge in [-0.15, -0.1) is 0 Å². The molecular formula is C20H22BrClN2O2. The molecule has 2 aliphatic rings. The van der Waals surface area contributed by atoms with E-state index in [1.54, 1.807) is 0 Å². The summed E-state index contributed by atoms with van der Waals surface area (Å²) in [5, 5.41) is 13.1. The minimum atomic E-state index is 0.164. The van der Waals surface area contributed by atoms with Crippen molar-refractivity contribution in [2.45, 2.75) is 37.6 Å². The summed E-state index contributed by atoms with van der Waals surface area (Å²) < 4.78 is 1.02. The Labute approximate surface area is 167 Å². The monoisotopic (exact) mass is 436 g/mol. The Bertz CT molecular complexity index is 746. The maximum Gasteiger partial charge on any atom is 0.0972 e. The Morgan fingerprint density at radius 3 is 2.96 bits per heavy atom. The Morgan fingerprint density at radius 1 is 1.27 bits per heavy atom. The first-order valence-corrected chi connectivity index (χ1v) is 10.2. The van der Waals surface area contributed by atoms with Crippen LogP contribution in [0.5, 0.6) is 0 Å². The minimum Gasteiger partial charge on any atom is -0.312 e. The molecule has 2 heterocycles. The van der Waals surface area contributed by atoms with Crippen molar-refractivity contribution in [2.75, 3.05) is 13.2 Å². The molecule has 1 aliphatic carbocycles. The van der Waals surface area contributed by atoms with Crippen molar-refractivity contribution in [3.05, 3.63) is 62.3 Å². The van der Waals surface area contributed by atoms with Crippen LogP contribution in [0.4, 0.5) is 0 Å². The Hall–Kier alpha value is -0.980. The Morgan fingerprint density at radius 2 is 2.12 bits per heavy atom. The number of rotatable bonds is 3. The van der Waals surface area contributed by atoms with Gasteiger partial charge in [0.2, 0.25) is 0 Å². The molecule has 1 aromatic carbocycles. The smallest absolute Gasteiger partial charge is 0.0972 e. The first kappa shape index (κ1) is 18.4. The van der Waals surface area contributed by atoms with Crippen molar-refractivity contribution in [3.63, 3.8) is 0 Å². The molecule has 1 fully saturated rings. The average molecular weight is 438 g/mol. The van der Waals surface area contributed by atoms with E-state index in [1.807, 2.05) is 12.3 Å². The number of aromatic nitrogens is 1. The summed E-state index contributed by atoms with van der Waals surface area (Å²) >= 11 is 9.86. The molecule has 6 heteroatoms. The standard InChI is InChI=1S/C20H22BrClN2O2/c21-15-7-14-2-1-12-8-16(22)3-4-18(12)19(20(14)24-10-15)13-5-6-23-17(9-13)11-26-25/h3-4,7-8,10,13,17,19,23,25H,1-2,5-6,9,11H2. The summed E-state index contributed by atoms with van der Waals surface area (Å²) in [4.78, 5) is 9.26. The third-order valence-corrected chi connectivity index (χ3v) is 6.32. The molecule has 4 rings (SSSR count). The van der Waals surface area contributed by atoms with Crippen LogP contribution in [-0.2, 0) is 17.7 Å². The number of nitrogens with zero attached hydrogens (tertiary/aromatic N) is 1. The molecule has 2 aromatic rings. The number of pyridine rings is 1. The third-order valence-electron chi connectivity index (χ3n) is 5.65. The number of nitrogens with one attached hydrogen (secondary N) is 1. The summed E-state index contributed by atoms with van der Waals surface area (Å²) in [6, 6.07) is 8.66. The van der Waals surface area contributed by atoms with Crippen molar-refractivity contribution < 1.29 is 10.1 Å². The van der Waals surface area contributed by atoms with Crippen LogP contribution in [-0.4, -0.2) is 29.4 Å². The molecule has 4 nitrogen and oxygen atoms in total.